The summed E-state index contributed by atoms with van der Waals surface area (Å²) < 4.78 is 13.4. The Morgan fingerprint density at radius 1 is 0.862 bits per heavy atom. The van der Waals surface area contributed by atoms with Gasteiger partial charge in [0.15, 0.2) is 5.92 Å². The van der Waals surface area contributed by atoms with Crippen LogP contribution in [0, 0.1) is 5.92 Å². The fourth-order valence-electron chi connectivity index (χ4n) is 3.72. The Bertz CT molecular complexity index is 1010. The van der Waals surface area contributed by atoms with E-state index < -0.39 is 21.3 Å². The molecule has 3 aromatic carbocycles. The number of nitrogens with zero attached hydrogens (tertiary/aromatic N) is 2. The highest BCUT2D eigenvalue weighted by Gasteiger charge is 2.70. The van der Waals surface area contributed by atoms with Crippen LogP contribution >= 0.6 is 0 Å². The minimum Gasteiger partial charge on any atom is -0.558 e. The van der Waals surface area contributed by atoms with Gasteiger partial charge >= 0.3 is 5.91 Å². The predicted molar refractivity (Wildman–Crippen MR) is 114 cm³/mol. The molecule has 3 unspecified atom stereocenters. The van der Waals surface area contributed by atoms with Crippen molar-refractivity contribution in [2.75, 3.05) is 5.01 Å². The highest BCUT2D eigenvalue weighted by atomic mass is 32.2. The summed E-state index contributed by atoms with van der Waals surface area (Å²) in [6, 6.07) is 26.7. The fraction of sp³-hybridized carbons (Fsp3) is 0.130. The van der Waals surface area contributed by atoms with Crippen molar-refractivity contribution in [1.29, 1.82) is 0 Å². The third-order valence-corrected chi connectivity index (χ3v) is 6.79. The largest absolute Gasteiger partial charge is 0.558 e. The van der Waals surface area contributed by atoms with Crippen molar-refractivity contribution in [3.63, 3.8) is 0 Å². The molecule has 1 heterocycles. The van der Waals surface area contributed by atoms with E-state index in [1.165, 1.54) is 5.01 Å². The van der Waals surface area contributed by atoms with Crippen LogP contribution < -0.4 is 9.01 Å². The summed E-state index contributed by atoms with van der Waals surface area (Å²) in [6.45, 7) is 1.81. The van der Waals surface area contributed by atoms with Gasteiger partial charge in [-0.05, 0) is 30.7 Å². The molecule has 0 bridgehead atoms. The number of carbonyl (C=O) groups is 2. The summed E-state index contributed by atoms with van der Waals surface area (Å²) in [5, 5.41) is 1.40. The van der Waals surface area contributed by atoms with Gasteiger partial charge in [0.25, 0.3) is 5.91 Å². The lowest BCUT2D eigenvalue weighted by molar-refractivity contribution is -0.129. The molecule has 1 fully saturated rings. The number of para-hydroxylation sites is 2. The first-order chi connectivity index (χ1) is 14.1. The average Bonchev–Trinajstić information content (AvgIpc) is 3.01. The van der Waals surface area contributed by atoms with E-state index in [1.807, 2.05) is 18.2 Å². The molecule has 4 rings (SSSR count). The lowest BCUT2D eigenvalue weighted by Gasteiger charge is -2.34. The molecule has 0 spiro atoms. The number of anilines is 1. The second-order valence-corrected chi connectivity index (χ2v) is 8.26. The van der Waals surface area contributed by atoms with E-state index in [1.54, 1.807) is 79.7 Å². The lowest BCUT2D eigenvalue weighted by Crippen LogP contribution is -2.64. The van der Waals surface area contributed by atoms with Crippen molar-refractivity contribution < 1.29 is 14.1 Å². The van der Waals surface area contributed by atoms with Crippen LogP contribution in [0.1, 0.15) is 13.3 Å². The maximum Gasteiger partial charge on any atom is 0.401 e. The number of hydrogen-bond donors (Lipinski definition) is 0. The zero-order chi connectivity index (χ0) is 20.4. The molecule has 1 aliphatic rings. The van der Waals surface area contributed by atoms with Crippen molar-refractivity contribution in [3.05, 3.63) is 91.0 Å². The van der Waals surface area contributed by atoms with Gasteiger partial charge in [-0.2, -0.15) is 0 Å². The van der Waals surface area contributed by atoms with E-state index in [0.717, 1.165) is 0 Å². The summed E-state index contributed by atoms with van der Waals surface area (Å²) in [5.74, 6) is -1.57. The van der Waals surface area contributed by atoms with Crippen LogP contribution in [0.2, 0.25) is 0 Å². The Labute approximate surface area is 173 Å². The average molecular weight is 405 g/mol. The van der Waals surface area contributed by atoms with Crippen LogP contribution in [-0.4, -0.2) is 16.4 Å². The van der Waals surface area contributed by atoms with Crippen LogP contribution in [-0.2, 0) is 21.0 Å². The molecule has 2 amide bonds. The van der Waals surface area contributed by atoms with E-state index in [0.29, 0.717) is 22.7 Å². The number of carbonyl (C=O) groups excluding carboxylic acids is 2. The van der Waals surface area contributed by atoms with Crippen LogP contribution in [0.4, 0.5) is 11.4 Å². The number of benzene rings is 3. The van der Waals surface area contributed by atoms with Crippen LogP contribution in [0.3, 0.4) is 0 Å². The highest BCUT2D eigenvalue weighted by Crippen LogP contribution is 2.44. The molecule has 3 atom stereocenters. The molecule has 1 saturated heterocycles. The van der Waals surface area contributed by atoms with Gasteiger partial charge in [-0.25, -0.2) is 4.79 Å². The summed E-state index contributed by atoms with van der Waals surface area (Å²) in [5.41, 5.74) is 1.03. The summed E-state index contributed by atoms with van der Waals surface area (Å²) in [6.07, 6.45) is 0.347. The Morgan fingerprint density at radius 2 is 1.38 bits per heavy atom. The van der Waals surface area contributed by atoms with Crippen LogP contribution in [0.25, 0.3) is 0 Å². The van der Waals surface area contributed by atoms with Gasteiger partial charge in [-0.1, -0.05) is 66.5 Å². The molecule has 146 valence electrons. The van der Waals surface area contributed by atoms with Gasteiger partial charge in [0.1, 0.15) is 5.69 Å². The molecular weight excluding hydrogens is 384 g/mol. The van der Waals surface area contributed by atoms with Crippen LogP contribution in [0.15, 0.2) is 95.9 Å². The van der Waals surface area contributed by atoms with Gasteiger partial charge in [0, 0.05) is 12.1 Å². The number of quaternary nitrogens is 1. The summed E-state index contributed by atoms with van der Waals surface area (Å²) in [7, 11) is 0. The summed E-state index contributed by atoms with van der Waals surface area (Å²) >= 11 is -1.88. The van der Waals surface area contributed by atoms with Gasteiger partial charge < -0.3 is 4.55 Å². The SMILES string of the molecule is CCC1C(=O)N(c2ccccc2)[N+](c2ccccc2)([S+]([O-])c2ccccc2)C1=O. The second-order valence-electron chi connectivity index (χ2n) is 6.76. The Hall–Kier alpha value is -2.93. The Kier molecular flexibility index (Phi) is 5.24. The number of amides is 2. The molecule has 0 saturated carbocycles. The molecule has 1 aliphatic heterocycles. The first-order valence-electron chi connectivity index (χ1n) is 9.48. The molecule has 5 nitrogen and oxygen atoms in total. The first kappa shape index (κ1) is 19.4. The summed E-state index contributed by atoms with van der Waals surface area (Å²) in [4.78, 5) is 27.7. The van der Waals surface area contributed by atoms with Crippen molar-refractivity contribution in [1.82, 2.24) is 4.00 Å². The standard InChI is InChI=1S/C23H21N2O3S/c1-2-21-22(26)24(18-12-6-3-7-13-18)25(23(21)27,19-14-8-4-9-15-19)29(28)20-16-10-5-11-17-20/h3-17,21H,2H2,1H3/q+1. The quantitative estimate of drug-likeness (QED) is 0.363. The van der Waals surface area contributed by atoms with Gasteiger partial charge in [0.05, 0.1) is 4.00 Å². The Balaban J connectivity index is 2.03. The van der Waals surface area contributed by atoms with Crippen molar-refractivity contribution in [2.24, 2.45) is 5.92 Å². The lowest BCUT2D eigenvalue weighted by atomic mass is 10.1. The molecule has 6 heteroatoms. The van der Waals surface area contributed by atoms with E-state index in [2.05, 4.69) is 0 Å². The molecule has 0 aliphatic carbocycles. The third kappa shape index (κ3) is 2.97. The normalized spacial score (nSPS) is 22.7. The second kappa shape index (κ2) is 7.83. The monoisotopic (exact) mass is 405 g/mol. The van der Waals surface area contributed by atoms with Gasteiger partial charge in [-0.3, -0.25) is 4.79 Å². The molecule has 0 radical (unpaired) electrons. The number of hydrogen-bond acceptors (Lipinski definition) is 3. The molecule has 0 aromatic heterocycles. The highest BCUT2D eigenvalue weighted by molar-refractivity contribution is 7.91. The van der Waals surface area contributed by atoms with E-state index in [4.69, 9.17) is 0 Å². The zero-order valence-corrected chi connectivity index (χ0v) is 16.8. The van der Waals surface area contributed by atoms with Crippen molar-refractivity contribution in [2.45, 2.75) is 18.2 Å². The minimum absolute atomic E-state index is 0.336. The third-order valence-electron chi connectivity index (χ3n) is 5.09. The van der Waals surface area contributed by atoms with Crippen LogP contribution in [0.5, 0.6) is 0 Å². The number of rotatable bonds is 5. The topological polar surface area (TPSA) is 60.4 Å². The molecule has 29 heavy (non-hydrogen) atoms. The van der Waals surface area contributed by atoms with Crippen molar-refractivity contribution in [3.8, 4) is 0 Å². The minimum atomic E-state index is -1.88. The van der Waals surface area contributed by atoms with E-state index >= 15 is 0 Å². The zero-order valence-electron chi connectivity index (χ0n) is 16.0. The van der Waals surface area contributed by atoms with Crippen molar-refractivity contribution >= 4 is 34.6 Å². The maximum atomic E-state index is 14.0. The molecule has 0 N–H and O–H groups in total. The van der Waals surface area contributed by atoms with E-state index in [9.17, 15) is 14.1 Å². The molecular formula is C23H21N2O3S+. The Morgan fingerprint density at radius 3 is 1.93 bits per heavy atom. The smallest absolute Gasteiger partial charge is 0.401 e. The van der Waals surface area contributed by atoms with E-state index in [-0.39, 0.29) is 11.8 Å². The predicted octanol–water partition coefficient (Wildman–Crippen LogP) is 4.23. The first-order valence-corrected chi connectivity index (χ1v) is 10.6. The maximum absolute atomic E-state index is 14.0. The molecule has 3 aromatic rings. The van der Waals surface area contributed by atoms with Gasteiger partial charge in [0.2, 0.25) is 21.9 Å². The van der Waals surface area contributed by atoms with Gasteiger partial charge in [-0.15, -0.1) is 0 Å². The fourth-order valence-corrected chi connectivity index (χ4v) is 5.35.